The molecular weight excluding hydrogens is 160 g/mol. The quantitative estimate of drug-likeness (QED) is 0.637. The second kappa shape index (κ2) is 4.78. The van der Waals surface area contributed by atoms with Crippen LogP contribution in [0.3, 0.4) is 0 Å². The summed E-state index contributed by atoms with van der Waals surface area (Å²) in [5.74, 6) is 1.26. The molecule has 1 heteroatoms. The highest BCUT2D eigenvalue weighted by atomic mass is 16.1. The Morgan fingerprint density at radius 2 is 1.62 bits per heavy atom. The summed E-state index contributed by atoms with van der Waals surface area (Å²) in [6, 6.07) is 0. The van der Waals surface area contributed by atoms with E-state index in [2.05, 4.69) is 27.7 Å². The minimum Gasteiger partial charge on any atom is -0.299 e. The van der Waals surface area contributed by atoms with Crippen molar-refractivity contribution < 1.29 is 4.79 Å². The standard InChI is InChI=1S/C12H24O/c1-9(2)7-8-12(5,6)11(13)10(3)4/h9-10H,7-8H2,1-6H3. The summed E-state index contributed by atoms with van der Waals surface area (Å²) in [5.41, 5.74) is -0.127. The van der Waals surface area contributed by atoms with E-state index in [0.717, 1.165) is 12.8 Å². The van der Waals surface area contributed by atoms with Gasteiger partial charge in [-0.3, -0.25) is 4.79 Å². The van der Waals surface area contributed by atoms with Crippen molar-refractivity contribution in [3.63, 3.8) is 0 Å². The molecule has 0 aromatic carbocycles. The largest absolute Gasteiger partial charge is 0.299 e. The van der Waals surface area contributed by atoms with Crippen LogP contribution < -0.4 is 0 Å². The van der Waals surface area contributed by atoms with E-state index in [1.54, 1.807) is 0 Å². The molecule has 0 amide bonds. The van der Waals surface area contributed by atoms with Gasteiger partial charge in [-0.1, -0.05) is 48.0 Å². The van der Waals surface area contributed by atoms with Gasteiger partial charge in [-0.15, -0.1) is 0 Å². The van der Waals surface area contributed by atoms with E-state index in [0.29, 0.717) is 11.7 Å². The van der Waals surface area contributed by atoms with Gasteiger partial charge in [-0.05, 0) is 12.3 Å². The fourth-order valence-corrected chi connectivity index (χ4v) is 1.55. The molecule has 0 N–H and O–H groups in total. The molecule has 0 aromatic rings. The molecule has 78 valence electrons. The van der Waals surface area contributed by atoms with Crippen molar-refractivity contribution in [2.75, 3.05) is 0 Å². The smallest absolute Gasteiger partial charge is 0.140 e. The Hall–Kier alpha value is -0.330. The molecule has 0 rings (SSSR count). The van der Waals surface area contributed by atoms with E-state index >= 15 is 0 Å². The molecule has 0 spiro atoms. The van der Waals surface area contributed by atoms with Crippen LogP contribution in [0.25, 0.3) is 0 Å². The lowest BCUT2D eigenvalue weighted by Gasteiger charge is -2.25. The molecule has 0 atom stereocenters. The highest BCUT2D eigenvalue weighted by molar-refractivity contribution is 5.85. The summed E-state index contributed by atoms with van der Waals surface area (Å²) in [6.07, 6.45) is 2.16. The fraction of sp³-hybridized carbons (Fsp3) is 0.917. The summed E-state index contributed by atoms with van der Waals surface area (Å²) >= 11 is 0. The minimum absolute atomic E-state index is 0.127. The van der Waals surface area contributed by atoms with Crippen molar-refractivity contribution in [3.8, 4) is 0 Å². The van der Waals surface area contributed by atoms with E-state index in [-0.39, 0.29) is 11.3 Å². The maximum Gasteiger partial charge on any atom is 0.140 e. The first kappa shape index (κ1) is 12.7. The lowest BCUT2D eigenvalue weighted by atomic mass is 9.77. The van der Waals surface area contributed by atoms with Gasteiger partial charge in [0.25, 0.3) is 0 Å². The van der Waals surface area contributed by atoms with Crippen molar-refractivity contribution in [2.24, 2.45) is 17.3 Å². The number of hydrogen-bond acceptors (Lipinski definition) is 1. The predicted octanol–water partition coefficient (Wildman–Crippen LogP) is 3.67. The van der Waals surface area contributed by atoms with E-state index < -0.39 is 0 Å². The number of carbonyl (C=O) groups excluding carboxylic acids is 1. The van der Waals surface area contributed by atoms with E-state index in [1.165, 1.54) is 0 Å². The van der Waals surface area contributed by atoms with Gasteiger partial charge in [-0.25, -0.2) is 0 Å². The van der Waals surface area contributed by atoms with Gasteiger partial charge in [0.15, 0.2) is 0 Å². The molecule has 0 aliphatic carbocycles. The third-order valence-electron chi connectivity index (χ3n) is 2.54. The van der Waals surface area contributed by atoms with Crippen LogP contribution in [0.15, 0.2) is 0 Å². The molecular formula is C12H24O. The van der Waals surface area contributed by atoms with Crippen LogP contribution in [0.1, 0.15) is 54.4 Å². The first-order valence-corrected chi connectivity index (χ1v) is 5.31. The number of Topliss-reactive ketones (excluding diaryl/α,β-unsaturated/α-hetero) is 1. The van der Waals surface area contributed by atoms with Gasteiger partial charge in [0.2, 0.25) is 0 Å². The van der Waals surface area contributed by atoms with Crippen molar-refractivity contribution in [1.29, 1.82) is 0 Å². The summed E-state index contributed by atoms with van der Waals surface area (Å²) in [5, 5.41) is 0. The third-order valence-corrected chi connectivity index (χ3v) is 2.54. The fourth-order valence-electron chi connectivity index (χ4n) is 1.55. The monoisotopic (exact) mass is 184 g/mol. The summed E-state index contributed by atoms with van der Waals surface area (Å²) < 4.78 is 0. The van der Waals surface area contributed by atoms with Crippen LogP contribution in [0, 0.1) is 17.3 Å². The van der Waals surface area contributed by atoms with E-state index in [1.807, 2.05) is 13.8 Å². The Bertz CT molecular complexity index is 166. The highest BCUT2D eigenvalue weighted by Crippen LogP contribution is 2.28. The Labute approximate surface area is 82.9 Å². The van der Waals surface area contributed by atoms with Gasteiger partial charge in [-0.2, -0.15) is 0 Å². The van der Waals surface area contributed by atoms with Crippen molar-refractivity contribution in [3.05, 3.63) is 0 Å². The molecule has 0 radical (unpaired) electrons. The molecule has 0 unspecified atom stereocenters. The Kier molecular flexibility index (Phi) is 4.66. The topological polar surface area (TPSA) is 17.1 Å². The minimum atomic E-state index is -0.127. The maximum absolute atomic E-state index is 11.8. The SMILES string of the molecule is CC(C)CCC(C)(C)C(=O)C(C)C. The average Bonchev–Trinajstić information content (AvgIpc) is 1.99. The molecule has 1 nitrogen and oxygen atoms in total. The zero-order valence-electron chi connectivity index (χ0n) is 9.98. The number of carbonyl (C=O) groups is 1. The van der Waals surface area contributed by atoms with Crippen LogP contribution in [-0.4, -0.2) is 5.78 Å². The predicted molar refractivity (Wildman–Crippen MR) is 57.7 cm³/mol. The number of rotatable bonds is 5. The molecule has 0 aromatic heterocycles. The number of ketones is 1. The summed E-state index contributed by atoms with van der Waals surface area (Å²) in [6.45, 7) is 12.5. The van der Waals surface area contributed by atoms with Crippen molar-refractivity contribution in [2.45, 2.75) is 54.4 Å². The molecule has 0 aliphatic heterocycles. The molecule has 0 fully saturated rings. The second-order valence-electron chi connectivity index (χ2n) is 5.34. The van der Waals surface area contributed by atoms with Crippen LogP contribution in [0.4, 0.5) is 0 Å². The molecule has 0 bridgehead atoms. The van der Waals surface area contributed by atoms with E-state index in [4.69, 9.17) is 0 Å². The summed E-state index contributed by atoms with van der Waals surface area (Å²) in [4.78, 5) is 11.8. The Morgan fingerprint density at radius 1 is 1.15 bits per heavy atom. The van der Waals surface area contributed by atoms with Gasteiger partial charge in [0.05, 0.1) is 0 Å². The van der Waals surface area contributed by atoms with Crippen LogP contribution in [-0.2, 0) is 4.79 Å². The van der Waals surface area contributed by atoms with Gasteiger partial charge in [0, 0.05) is 11.3 Å². The maximum atomic E-state index is 11.8. The zero-order valence-corrected chi connectivity index (χ0v) is 9.98. The molecule has 0 heterocycles. The number of hydrogen-bond donors (Lipinski definition) is 0. The van der Waals surface area contributed by atoms with Gasteiger partial charge < -0.3 is 0 Å². The molecule has 13 heavy (non-hydrogen) atoms. The highest BCUT2D eigenvalue weighted by Gasteiger charge is 2.28. The van der Waals surface area contributed by atoms with Crippen molar-refractivity contribution in [1.82, 2.24) is 0 Å². The average molecular weight is 184 g/mol. The first-order chi connectivity index (χ1) is 5.77. The van der Waals surface area contributed by atoms with Crippen LogP contribution >= 0.6 is 0 Å². The van der Waals surface area contributed by atoms with Gasteiger partial charge >= 0.3 is 0 Å². The van der Waals surface area contributed by atoms with Crippen LogP contribution in [0.5, 0.6) is 0 Å². The summed E-state index contributed by atoms with van der Waals surface area (Å²) in [7, 11) is 0. The normalized spacial score (nSPS) is 12.6. The Morgan fingerprint density at radius 3 is 1.92 bits per heavy atom. The van der Waals surface area contributed by atoms with Crippen LogP contribution in [0.2, 0.25) is 0 Å². The molecule has 0 saturated carbocycles. The molecule has 0 saturated heterocycles. The lowest BCUT2D eigenvalue weighted by molar-refractivity contribution is -0.130. The van der Waals surface area contributed by atoms with E-state index in [9.17, 15) is 4.79 Å². The van der Waals surface area contributed by atoms with Crippen molar-refractivity contribution >= 4 is 5.78 Å². The molecule has 0 aliphatic rings. The zero-order chi connectivity index (χ0) is 10.6. The first-order valence-electron chi connectivity index (χ1n) is 5.31. The lowest BCUT2D eigenvalue weighted by Crippen LogP contribution is -2.28. The second-order valence-corrected chi connectivity index (χ2v) is 5.34. The third kappa shape index (κ3) is 4.44. The Balaban J connectivity index is 4.14. The van der Waals surface area contributed by atoms with Gasteiger partial charge in [0.1, 0.15) is 5.78 Å².